The van der Waals surface area contributed by atoms with E-state index in [0.717, 1.165) is 34.8 Å². The van der Waals surface area contributed by atoms with E-state index in [1.807, 2.05) is 0 Å². The zero-order chi connectivity index (χ0) is 21.6. The molecule has 1 aliphatic heterocycles. The van der Waals surface area contributed by atoms with Crippen molar-refractivity contribution in [2.24, 2.45) is 0 Å². The molecule has 0 saturated heterocycles. The second-order valence-electron chi connectivity index (χ2n) is 6.43. The number of benzene rings is 1. The number of carbonyl (C=O) groups excluding carboxylic acids is 2. The minimum Gasteiger partial charge on any atom is -0.293 e. The van der Waals surface area contributed by atoms with E-state index < -0.39 is 21.6 Å². The fraction of sp³-hybridized carbons (Fsp3) is 0.0476. The van der Waals surface area contributed by atoms with Gasteiger partial charge in [0, 0.05) is 34.9 Å². The third kappa shape index (κ3) is 3.14. The molecule has 1 aromatic carbocycles. The van der Waals surface area contributed by atoms with Crippen molar-refractivity contribution in [3.8, 4) is 0 Å². The number of nitro groups is 1. The number of rotatable bonds is 1. The van der Waals surface area contributed by atoms with E-state index >= 15 is 0 Å². The summed E-state index contributed by atoms with van der Waals surface area (Å²) in [7, 11) is 0. The van der Waals surface area contributed by atoms with Crippen LogP contribution in [0.15, 0.2) is 64.2 Å². The van der Waals surface area contributed by atoms with Gasteiger partial charge in [-0.1, -0.05) is 30.9 Å². The topological polar surface area (TPSA) is 111 Å². The number of ketones is 2. The molecule has 0 radical (unpaired) electrons. The Balaban J connectivity index is 2.17. The van der Waals surface area contributed by atoms with Gasteiger partial charge in [-0.2, -0.15) is 0 Å². The van der Waals surface area contributed by atoms with Crippen LogP contribution >= 0.6 is 22.7 Å². The highest BCUT2D eigenvalue weighted by molar-refractivity contribution is 7.20. The van der Waals surface area contributed by atoms with E-state index in [2.05, 4.69) is 6.58 Å². The first-order chi connectivity index (χ1) is 14.3. The van der Waals surface area contributed by atoms with E-state index in [4.69, 9.17) is 0 Å². The number of nitrogens with zero attached hydrogens (tertiary/aromatic N) is 1. The molecule has 2 aliphatic carbocycles. The second-order valence-corrected chi connectivity index (χ2v) is 8.48. The Morgan fingerprint density at radius 1 is 0.933 bits per heavy atom. The van der Waals surface area contributed by atoms with Gasteiger partial charge in [-0.15, -0.1) is 22.7 Å². The SMILES string of the molecule is C=C1/C=C\C=C/CC(=O)c2sc3c(=O)c4cc([N+](=O)[O-])ccc4c(=O)c=3sc2C1=O. The van der Waals surface area contributed by atoms with Crippen molar-refractivity contribution < 1.29 is 14.5 Å². The minimum absolute atomic E-state index is 0.0000846. The van der Waals surface area contributed by atoms with E-state index in [9.17, 15) is 29.3 Å². The highest BCUT2D eigenvalue weighted by Crippen LogP contribution is 2.27. The molecule has 0 aromatic heterocycles. The number of carbonyl (C=O) groups is 2. The lowest BCUT2D eigenvalue weighted by Gasteiger charge is -2.08. The molecule has 1 aromatic rings. The maximum Gasteiger partial charge on any atom is 0.270 e. The van der Waals surface area contributed by atoms with Crippen molar-refractivity contribution in [2.45, 2.75) is 6.42 Å². The molecule has 0 amide bonds. The van der Waals surface area contributed by atoms with E-state index in [1.165, 1.54) is 12.1 Å². The van der Waals surface area contributed by atoms with Gasteiger partial charge in [-0.3, -0.25) is 29.3 Å². The lowest BCUT2D eigenvalue weighted by molar-refractivity contribution is -0.384. The van der Waals surface area contributed by atoms with Gasteiger partial charge in [0.05, 0.1) is 23.7 Å². The predicted octanol–water partition coefficient (Wildman–Crippen LogP) is 3.75. The van der Waals surface area contributed by atoms with Gasteiger partial charge in [0.15, 0.2) is 5.78 Å². The van der Waals surface area contributed by atoms with Crippen LogP contribution in [0.1, 0.15) is 25.8 Å². The molecule has 148 valence electrons. The van der Waals surface area contributed by atoms with Crippen molar-refractivity contribution in [2.75, 3.05) is 0 Å². The van der Waals surface area contributed by atoms with Gasteiger partial charge in [-0.25, -0.2) is 0 Å². The molecule has 30 heavy (non-hydrogen) atoms. The minimum atomic E-state index is -0.653. The smallest absolute Gasteiger partial charge is 0.270 e. The maximum atomic E-state index is 13.0. The molecule has 3 aliphatic rings. The van der Waals surface area contributed by atoms with Crippen LogP contribution in [0.25, 0.3) is 10.8 Å². The summed E-state index contributed by atoms with van der Waals surface area (Å²) in [6, 6.07) is 3.45. The molecule has 0 spiro atoms. The average Bonchev–Trinajstić information content (AvgIpc) is 2.74. The van der Waals surface area contributed by atoms with Crippen molar-refractivity contribution >= 4 is 50.7 Å². The highest BCUT2D eigenvalue weighted by Gasteiger charge is 2.23. The standard InChI is InChI=1S/C21H11NO6S2/c1-10-5-3-2-4-6-14(23)18-19(15(10)24)30-20-16(25)12-8-7-11(22(27)28)9-13(12)17(26)21(20)29-18/h2-5,7-9H,1,6H2/b4-2-,5-3-. The lowest BCUT2D eigenvalue weighted by atomic mass is 10.1. The lowest BCUT2D eigenvalue weighted by Crippen LogP contribution is -2.16. The van der Waals surface area contributed by atoms with Crippen LogP contribution in [-0.4, -0.2) is 16.5 Å². The molecule has 0 atom stereocenters. The van der Waals surface area contributed by atoms with Gasteiger partial charge in [0.1, 0.15) is 0 Å². The average molecular weight is 437 g/mol. The van der Waals surface area contributed by atoms with Crippen LogP contribution in [0.3, 0.4) is 0 Å². The Morgan fingerprint density at radius 2 is 1.60 bits per heavy atom. The highest BCUT2D eigenvalue weighted by atomic mass is 32.1. The Morgan fingerprint density at radius 3 is 2.30 bits per heavy atom. The number of hydrogen-bond acceptors (Lipinski definition) is 8. The molecule has 4 rings (SSSR count). The van der Waals surface area contributed by atoms with Gasteiger partial charge in [0.25, 0.3) is 5.69 Å². The van der Waals surface area contributed by atoms with Crippen molar-refractivity contribution in [3.05, 3.63) is 104 Å². The largest absolute Gasteiger partial charge is 0.293 e. The number of hydrogen-bond donors (Lipinski definition) is 0. The normalized spacial score (nSPS) is 16.5. The number of Topliss-reactive ketones (excluding diaryl/α,β-unsaturated/α-hetero) is 2. The fourth-order valence-electron chi connectivity index (χ4n) is 3.04. The van der Waals surface area contributed by atoms with Gasteiger partial charge < -0.3 is 0 Å². The number of allylic oxidation sites excluding steroid dienone is 5. The Hall–Kier alpha value is -3.56. The van der Waals surface area contributed by atoms with Crippen LogP contribution in [0, 0.1) is 19.2 Å². The summed E-state index contributed by atoms with van der Waals surface area (Å²) in [5.74, 6) is -0.865. The zero-order valence-electron chi connectivity index (χ0n) is 15.2. The number of fused-ring (bicyclic) bond motifs is 2. The first kappa shape index (κ1) is 19.7. The molecular weight excluding hydrogens is 426 g/mol. The first-order valence-electron chi connectivity index (χ1n) is 8.61. The van der Waals surface area contributed by atoms with Gasteiger partial charge in [-0.05, 0) is 6.07 Å². The van der Waals surface area contributed by atoms with E-state index in [0.29, 0.717) is 0 Å². The Kier molecular flexibility index (Phi) is 4.84. The van der Waals surface area contributed by atoms with Crippen molar-refractivity contribution in [1.29, 1.82) is 0 Å². The molecular formula is C21H11NO6S2. The molecule has 0 unspecified atom stereocenters. The monoisotopic (exact) mass is 437 g/mol. The van der Waals surface area contributed by atoms with Crippen LogP contribution in [0.2, 0.25) is 0 Å². The summed E-state index contributed by atoms with van der Waals surface area (Å²) in [4.78, 5) is 62.2. The quantitative estimate of drug-likeness (QED) is 0.326. The molecule has 1 heterocycles. The molecule has 0 N–H and O–H groups in total. The molecule has 0 saturated carbocycles. The summed E-state index contributed by atoms with van der Waals surface area (Å²) in [5.41, 5.74) is -1.27. The fourth-order valence-corrected chi connectivity index (χ4v) is 5.53. The summed E-state index contributed by atoms with van der Waals surface area (Å²) < 4.78 is 0.0377. The Labute approximate surface area is 175 Å². The zero-order valence-corrected chi connectivity index (χ0v) is 16.8. The summed E-state index contributed by atoms with van der Waals surface area (Å²) in [6.45, 7) is 3.72. The van der Waals surface area contributed by atoms with Crippen molar-refractivity contribution in [3.63, 3.8) is 0 Å². The first-order valence-corrected chi connectivity index (χ1v) is 10.2. The molecule has 7 nitrogen and oxygen atoms in total. The summed E-state index contributed by atoms with van der Waals surface area (Å²) in [6.07, 6.45) is 6.37. The van der Waals surface area contributed by atoms with Crippen LogP contribution in [0.4, 0.5) is 5.69 Å². The predicted molar refractivity (Wildman–Crippen MR) is 115 cm³/mol. The number of non-ortho nitro benzene ring substituents is 1. The second kappa shape index (κ2) is 7.36. The molecule has 0 fully saturated rings. The van der Waals surface area contributed by atoms with Crippen LogP contribution < -0.4 is 10.9 Å². The van der Waals surface area contributed by atoms with Gasteiger partial charge >= 0.3 is 0 Å². The maximum absolute atomic E-state index is 13.0. The number of nitro benzene ring substituents is 1. The van der Waals surface area contributed by atoms with E-state index in [-0.39, 0.29) is 53.1 Å². The van der Waals surface area contributed by atoms with Gasteiger partial charge in [0.2, 0.25) is 16.6 Å². The summed E-state index contributed by atoms with van der Waals surface area (Å²) in [5, 5.41) is 11.0. The third-order valence-electron chi connectivity index (χ3n) is 4.54. The molecule has 0 bridgehead atoms. The van der Waals surface area contributed by atoms with Crippen LogP contribution in [-0.2, 0) is 0 Å². The Bertz CT molecular complexity index is 1540. The van der Waals surface area contributed by atoms with Crippen LogP contribution in [0.5, 0.6) is 0 Å². The van der Waals surface area contributed by atoms with E-state index in [1.54, 1.807) is 18.2 Å². The summed E-state index contributed by atoms with van der Waals surface area (Å²) >= 11 is 1.55. The third-order valence-corrected chi connectivity index (χ3v) is 7.21. The molecule has 9 heteroatoms. The van der Waals surface area contributed by atoms with Crippen molar-refractivity contribution in [1.82, 2.24) is 0 Å².